The molecule has 0 spiro atoms. The number of carboxylic acids is 1. The lowest BCUT2D eigenvalue weighted by Gasteiger charge is -2.21. The molecule has 0 aliphatic heterocycles. The standard InChI is InChI=1S/C17H30O5/c1-2-3-8-11-14(18)17(22)15(19)12-9-6-4-5-7-10-13-16(20)21/h3,6,8-9,14-15,17-19,22H,2,4-5,7,10-13H2,1H3,(H,20,21). The number of hydrogen-bond acceptors (Lipinski definition) is 4. The van der Waals surface area contributed by atoms with E-state index in [9.17, 15) is 20.1 Å². The first kappa shape index (κ1) is 20.8. The molecule has 0 saturated carbocycles. The molecule has 22 heavy (non-hydrogen) atoms. The number of aliphatic hydroxyl groups excluding tert-OH is 3. The minimum absolute atomic E-state index is 0.207. The number of allylic oxidation sites excluding steroid dienone is 2. The van der Waals surface area contributed by atoms with Crippen molar-refractivity contribution >= 4 is 5.97 Å². The van der Waals surface area contributed by atoms with E-state index in [0.29, 0.717) is 19.3 Å². The normalized spacial score (nSPS) is 16.2. The second-order valence-corrected chi connectivity index (χ2v) is 5.44. The molecule has 0 heterocycles. The quantitative estimate of drug-likeness (QED) is 0.309. The van der Waals surface area contributed by atoms with Crippen molar-refractivity contribution < 1.29 is 25.2 Å². The largest absolute Gasteiger partial charge is 0.481 e. The van der Waals surface area contributed by atoms with E-state index < -0.39 is 24.3 Å². The fourth-order valence-corrected chi connectivity index (χ4v) is 2.01. The smallest absolute Gasteiger partial charge is 0.303 e. The van der Waals surface area contributed by atoms with Gasteiger partial charge >= 0.3 is 5.97 Å². The van der Waals surface area contributed by atoms with E-state index in [4.69, 9.17) is 5.11 Å². The Kier molecular flexibility index (Phi) is 12.8. The first-order valence-electron chi connectivity index (χ1n) is 8.05. The number of rotatable bonds is 13. The number of aliphatic hydroxyl groups is 3. The molecule has 0 aromatic rings. The van der Waals surface area contributed by atoms with Crippen LogP contribution >= 0.6 is 0 Å². The highest BCUT2D eigenvalue weighted by molar-refractivity contribution is 5.66. The predicted molar refractivity (Wildman–Crippen MR) is 86.5 cm³/mol. The molecule has 0 fully saturated rings. The molecule has 3 unspecified atom stereocenters. The third-order valence-electron chi connectivity index (χ3n) is 3.37. The van der Waals surface area contributed by atoms with Gasteiger partial charge in [-0.2, -0.15) is 0 Å². The van der Waals surface area contributed by atoms with Gasteiger partial charge < -0.3 is 20.4 Å². The molecule has 5 nitrogen and oxygen atoms in total. The van der Waals surface area contributed by atoms with Crippen molar-refractivity contribution in [3.8, 4) is 0 Å². The van der Waals surface area contributed by atoms with Gasteiger partial charge in [-0.15, -0.1) is 0 Å². The van der Waals surface area contributed by atoms with Gasteiger partial charge in [0.2, 0.25) is 0 Å². The molecule has 128 valence electrons. The fraction of sp³-hybridized carbons (Fsp3) is 0.706. The summed E-state index contributed by atoms with van der Waals surface area (Å²) in [5, 5.41) is 37.8. The van der Waals surface area contributed by atoms with Gasteiger partial charge in [-0.05, 0) is 38.5 Å². The Balaban J connectivity index is 3.77. The van der Waals surface area contributed by atoms with E-state index in [-0.39, 0.29) is 6.42 Å². The molecule has 3 atom stereocenters. The van der Waals surface area contributed by atoms with Gasteiger partial charge in [0.25, 0.3) is 0 Å². The molecule has 0 aromatic heterocycles. The average molecular weight is 314 g/mol. The lowest BCUT2D eigenvalue weighted by molar-refractivity contribution is -0.137. The Morgan fingerprint density at radius 3 is 2.05 bits per heavy atom. The maximum atomic E-state index is 10.3. The summed E-state index contributed by atoms with van der Waals surface area (Å²) in [6.07, 6.45) is 9.32. The molecule has 0 aliphatic carbocycles. The van der Waals surface area contributed by atoms with Crippen molar-refractivity contribution in [2.24, 2.45) is 0 Å². The van der Waals surface area contributed by atoms with Crippen molar-refractivity contribution in [3.05, 3.63) is 24.3 Å². The molecular formula is C17H30O5. The summed E-state index contributed by atoms with van der Waals surface area (Å²) in [6, 6.07) is 0. The van der Waals surface area contributed by atoms with Crippen molar-refractivity contribution in [2.45, 2.75) is 76.6 Å². The summed E-state index contributed by atoms with van der Waals surface area (Å²) in [6.45, 7) is 1.99. The summed E-state index contributed by atoms with van der Waals surface area (Å²) >= 11 is 0. The van der Waals surface area contributed by atoms with Crippen molar-refractivity contribution in [1.82, 2.24) is 0 Å². The Morgan fingerprint density at radius 1 is 0.909 bits per heavy atom. The van der Waals surface area contributed by atoms with Crippen LogP contribution in [0.3, 0.4) is 0 Å². The highest BCUT2D eigenvalue weighted by Crippen LogP contribution is 2.10. The minimum Gasteiger partial charge on any atom is -0.481 e. The molecule has 4 N–H and O–H groups in total. The van der Waals surface area contributed by atoms with Gasteiger partial charge in [0.15, 0.2) is 0 Å². The van der Waals surface area contributed by atoms with E-state index in [1.165, 1.54) is 0 Å². The second kappa shape index (κ2) is 13.5. The fourth-order valence-electron chi connectivity index (χ4n) is 2.01. The van der Waals surface area contributed by atoms with Crippen LogP contribution in [0, 0.1) is 0 Å². The van der Waals surface area contributed by atoms with Crippen LogP contribution in [0.25, 0.3) is 0 Å². The van der Waals surface area contributed by atoms with Gasteiger partial charge in [0, 0.05) is 6.42 Å². The van der Waals surface area contributed by atoms with E-state index in [2.05, 4.69) is 0 Å². The minimum atomic E-state index is -1.15. The first-order chi connectivity index (χ1) is 10.5. The summed E-state index contributed by atoms with van der Waals surface area (Å²) in [5.41, 5.74) is 0. The van der Waals surface area contributed by atoms with Crippen molar-refractivity contribution in [1.29, 1.82) is 0 Å². The Hall–Kier alpha value is -1.17. The van der Waals surface area contributed by atoms with Gasteiger partial charge in [-0.3, -0.25) is 4.79 Å². The second-order valence-electron chi connectivity index (χ2n) is 5.44. The molecular weight excluding hydrogens is 284 g/mol. The van der Waals surface area contributed by atoms with Crippen molar-refractivity contribution in [3.63, 3.8) is 0 Å². The molecule has 0 amide bonds. The highest BCUT2D eigenvalue weighted by Gasteiger charge is 2.22. The molecule has 0 radical (unpaired) electrons. The van der Waals surface area contributed by atoms with E-state index in [0.717, 1.165) is 25.7 Å². The van der Waals surface area contributed by atoms with Crippen LogP contribution in [-0.2, 0) is 4.79 Å². The zero-order valence-corrected chi connectivity index (χ0v) is 13.4. The maximum Gasteiger partial charge on any atom is 0.303 e. The van der Waals surface area contributed by atoms with Crippen LogP contribution in [0.4, 0.5) is 0 Å². The van der Waals surface area contributed by atoms with Gasteiger partial charge in [0.05, 0.1) is 12.2 Å². The Labute approximate surface area is 133 Å². The summed E-state index contributed by atoms with van der Waals surface area (Å²) in [7, 11) is 0. The van der Waals surface area contributed by atoms with E-state index >= 15 is 0 Å². The number of aliphatic carboxylic acids is 1. The van der Waals surface area contributed by atoms with Crippen LogP contribution in [0.2, 0.25) is 0 Å². The van der Waals surface area contributed by atoms with Gasteiger partial charge in [-0.25, -0.2) is 0 Å². The maximum absolute atomic E-state index is 10.3. The third-order valence-corrected chi connectivity index (χ3v) is 3.37. The van der Waals surface area contributed by atoms with Gasteiger partial charge in [-0.1, -0.05) is 37.6 Å². The Bertz CT molecular complexity index is 338. The average Bonchev–Trinajstić information content (AvgIpc) is 2.48. The number of carbonyl (C=O) groups is 1. The molecule has 5 heteroatoms. The van der Waals surface area contributed by atoms with Crippen LogP contribution in [0.5, 0.6) is 0 Å². The summed E-state index contributed by atoms with van der Waals surface area (Å²) in [5.74, 6) is -0.764. The summed E-state index contributed by atoms with van der Waals surface area (Å²) in [4.78, 5) is 10.3. The molecule has 0 bridgehead atoms. The number of hydrogen-bond donors (Lipinski definition) is 4. The highest BCUT2D eigenvalue weighted by atomic mass is 16.4. The van der Waals surface area contributed by atoms with Crippen molar-refractivity contribution in [2.75, 3.05) is 0 Å². The molecule has 0 rings (SSSR count). The zero-order valence-electron chi connectivity index (χ0n) is 13.4. The zero-order chi connectivity index (χ0) is 16.8. The van der Waals surface area contributed by atoms with Crippen LogP contribution in [-0.4, -0.2) is 44.7 Å². The number of carboxylic acid groups (broad SMARTS) is 1. The van der Waals surface area contributed by atoms with Crippen LogP contribution in [0.1, 0.15) is 58.3 Å². The lowest BCUT2D eigenvalue weighted by atomic mass is 10.0. The van der Waals surface area contributed by atoms with Crippen LogP contribution < -0.4 is 0 Å². The van der Waals surface area contributed by atoms with Crippen LogP contribution in [0.15, 0.2) is 24.3 Å². The number of unbranched alkanes of at least 4 members (excludes halogenated alkanes) is 3. The predicted octanol–water partition coefficient (Wildman–Crippen LogP) is 2.41. The molecule has 0 aliphatic rings. The van der Waals surface area contributed by atoms with E-state index in [1.54, 1.807) is 12.2 Å². The van der Waals surface area contributed by atoms with Gasteiger partial charge in [0.1, 0.15) is 6.10 Å². The first-order valence-corrected chi connectivity index (χ1v) is 8.05. The molecule has 0 saturated heterocycles. The SMILES string of the molecule is CCC=CCC(O)C(O)C(O)CC=CCCCCCC(=O)O. The Morgan fingerprint density at radius 2 is 1.50 bits per heavy atom. The topological polar surface area (TPSA) is 98.0 Å². The molecule has 0 aromatic carbocycles. The summed E-state index contributed by atoms with van der Waals surface area (Å²) < 4.78 is 0. The monoisotopic (exact) mass is 314 g/mol. The van der Waals surface area contributed by atoms with E-state index in [1.807, 2.05) is 19.1 Å². The third kappa shape index (κ3) is 11.5. The lowest BCUT2D eigenvalue weighted by Crippen LogP contribution is -2.36.